The number of rotatable bonds is 13. The summed E-state index contributed by atoms with van der Waals surface area (Å²) in [6.45, 7) is 3.09. The Labute approximate surface area is 220 Å². The second-order valence-corrected chi connectivity index (χ2v) is 9.61. The molecular formula is C30H40N2O5. The van der Waals surface area contributed by atoms with Gasteiger partial charge >= 0.3 is 11.9 Å². The van der Waals surface area contributed by atoms with E-state index in [0.29, 0.717) is 22.5 Å². The first-order chi connectivity index (χ1) is 17.9. The predicted molar refractivity (Wildman–Crippen MR) is 147 cm³/mol. The third kappa shape index (κ3) is 9.92. The maximum Gasteiger partial charge on any atom is 0.338 e. The number of ether oxygens (including phenoxy) is 3. The van der Waals surface area contributed by atoms with Crippen LogP contribution in [0.3, 0.4) is 0 Å². The van der Waals surface area contributed by atoms with Gasteiger partial charge < -0.3 is 25.7 Å². The molecule has 2 aromatic rings. The van der Waals surface area contributed by atoms with E-state index in [0.717, 1.165) is 44.3 Å². The van der Waals surface area contributed by atoms with Crippen molar-refractivity contribution < 1.29 is 23.8 Å². The van der Waals surface area contributed by atoms with E-state index in [-0.39, 0.29) is 24.8 Å². The van der Waals surface area contributed by atoms with Crippen LogP contribution in [-0.2, 0) is 25.6 Å². The number of hydrogen-bond acceptors (Lipinski definition) is 7. The summed E-state index contributed by atoms with van der Waals surface area (Å²) in [6.07, 6.45) is 12.9. The Morgan fingerprint density at radius 3 is 2.35 bits per heavy atom. The molecule has 0 bridgehead atoms. The number of nitrogen functional groups attached to an aromatic ring is 2. The average molecular weight is 509 g/mol. The van der Waals surface area contributed by atoms with Crippen LogP contribution in [0.4, 0.5) is 11.4 Å². The molecule has 200 valence electrons. The van der Waals surface area contributed by atoms with Crippen molar-refractivity contribution in [1.82, 2.24) is 0 Å². The fourth-order valence-electron chi connectivity index (χ4n) is 4.33. The number of nitrogens with two attached hydrogens (primary N) is 2. The number of hydrogen-bond donors (Lipinski definition) is 2. The lowest BCUT2D eigenvalue weighted by atomic mass is 9.95. The average Bonchev–Trinajstić information content (AvgIpc) is 2.91. The molecule has 3 rings (SSSR count). The van der Waals surface area contributed by atoms with Crippen molar-refractivity contribution in [2.75, 3.05) is 18.1 Å². The molecule has 2 aromatic carbocycles. The molecule has 0 amide bonds. The number of unbranched alkanes of at least 4 members (excludes halogenated alkanes) is 4. The van der Waals surface area contributed by atoms with Crippen molar-refractivity contribution in [1.29, 1.82) is 0 Å². The fraction of sp³-hybridized carbons (Fsp3) is 0.467. The summed E-state index contributed by atoms with van der Waals surface area (Å²) in [6, 6.07) is 12.0. The van der Waals surface area contributed by atoms with E-state index >= 15 is 0 Å². The summed E-state index contributed by atoms with van der Waals surface area (Å²) in [5.41, 5.74) is 14.6. The van der Waals surface area contributed by atoms with Crippen molar-refractivity contribution in [3.8, 4) is 0 Å². The second-order valence-electron chi connectivity index (χ2n) is 9.61. The SMILES string of the molecule is CCCCCCCOC1CCC(OC(=O)c2ccc(C=CC(=O)OCc3cc(N)ccc3N)cc2)CC1. The fourth-order valence-corrected chi connectivity index (χ4v) is 4.33. The topological polar surface area (TPSA) is 114 Å². The van der Waals surface area contributed by atoms with Gasteiger partial charge in [0.05, 0.1) is 11.7 Å². The van der Waals surface area contributed by atoms with Crippen molar-refractivity contribution >= 4 is 29.4 Å². The number of anilines is 2. The quantitative estimate of drug-likeness (QED) is 0.146. The minimum absolute atomic E-state index is 0.0396. The molecule has 37 heavy (non-hydrogen) atoms. The monoisotopic (exact) mass is 508 g/mol. The molecule has 0 unspecified atom stereocenters. The Kier molecular flexibility index (Phi) is 11.5. The van der Waals surface area contributed by atoms with E-state index in [1.807, 2.05) is 0 Å². The van der Waals surface area contributed by atoms with E-state index < -0.39 is 5.97 Å². The number of esters is 2. The van der Waals surface area contributed by atoms with Crippen LogP contribution in [0, 0.1) is 0 Å². The normalized spacial score (nSPS) is 17.5. The van der Waals surface area contributed by atoms with Gasteiger partial charge in [0.15, 0.2) is 0 Å². The summed E-state index contributed by atoms with van der Waals surface area (Å²) in [5.74, 6) is -0.823. The Hall–Kier alpha value is -3.32. The smallest absolute Gasteiger partial charge is 0.338 e. The zero-order chi connectivity index (χ0) is 26.5. The summed E-state index contributed by atoms with van der Waals surface area (Å²) < 4.78 is 17.0. The van der Waals surface area contributed by atoms with Gasteiger partial charge in [0, 0.05) is 29.6 Å². The van der Waals surface area contributed by atoms with Crippen molar-refractivity contribution in [3.05, 3.63) is 65.2 Å². The maximum atomic E-state index is 12.6. The Balaban J connectivity index is 1.36. The summed E-state index contributed by atoms with van der Waals surface area (Å²) in [5, 5.41) is 0. The highest BCUT2D eigenvalue weighted by atomic mass is 16.5. The highest BCUT2D eigenvalue weighted by Crippen LogP contribution is 2.25. The van der Waals surface area contributed by atoms with Gasteiger partial charge in [0.1, 0.15) is 12.7 Å². The molecule has 0 heterocycles. The Bertz CT molecular complexity index is 1030. The van der Waals surface area contributed by atoms with Gasteiger partial charge in [0.25, 0.3) is 0 Å². The first-order valence-corrected chi connectivity index (χ1v) is 13.4. The number of benzene rings is 2. The highest BCUT2D eigenvalue weighted by Gasteiger charge is 2.24. The molecule has 0 aromatic heterocycles. The van der Waals surface area contributed by atoms with Gasteiger partial charge in [-0.25, -0.2) is 9.59 Å². The van der Waals surface area contributed by atoms with Gasteiger partial charge in [-0.2, -0.15) is 0 Å². The zero-order valence-corrected chi connectivity index (χ0v) is 21.8. The molecule has 0 atom stereocenters. The molecule has 1 fully saturated rings. The maximum absolute atomic E-state index is 12.6. The second kappa shape index (κ2) is 15.1. The van der Waals surface area contributed by atoms with Crippen LogP contribution in [-0.4, -0.2) is 30.8 Å². The molecule has 1 saturated carbocycles. The van der Waals surface area contributed by atoms with Gasteiger partial charge in [-0.05, 0) is 74.1 Å². The van der Waals surface area contributed by atoms with Crippen LogP contribution in [0.25, 0.3) is 6.08 Å². The lowest BCUT2D eigenvalue weighted by Crippen LogP contribution is -2.28. The number of carbonyl (C=O) groups excluding carboxylic acids is 2. The molecule has 4 N–H and O–H groups in total. The molecule has 0 spiro atoms. The van der Waals surface area contributed by atoms with Gasteiger partial charge in [0.2, 0.25) is 0 Å². The van der Waals surface area contributed by atoms with Crippen LogP contribution in [0.15, 0.2) is 48.5 Å². The third-order valence-corrected chi connectivity index (χ3v) is 6.59. The first-order valence-electron chi connectivity index (χ1n) is 13.4. The highest BCUT2D eigenvalue weighted by molar-refractivity contribution is 5.90. The first kappa shape index (κ1) is 28.3. The lowest BCUT2D eigenvalue weighted by Gasteiger charge is -2.28. The Morgan fingerprint density at radius 1 is 0.919 bits per heavy atom. The van der Waals surface area contributed by atoms with Crippen molar-refractivity contribution in [2.45, 2.75) is 83.5 Å². The molecule has 0 saturated heterocycles. The third-order valence-electron chi connectivity index (χ3n) is 6.59. The Morgan fingerprint density at radius 2 is 1.62 bits per heavy atom. The molecule has 7 nitrogen and oxygen atoms in total. The standard InChI is InChI=1S/C30H40N2O5/c1-2-3-4-5-6-19-35-26-13-15-27(16-14-26)37-30(34)23-10-7-22(8-11-23)9-18-29(33)36-21-24-20-25(31)12-17-28(24)32/h7-12,17-18,20,26-27H,2-6,13-16,19,21,31-32H2,1H3. The molecule has 7 heteroatoms. The van der Waals surface area contributed by atoms with Crippen LogP contribution < -0.4 is 11.5 Å². The largest absolute Gasteiger partial charge is 0.459 e. The predicted octanol–water partition coefficient (Wildman–Crippen LogP) is 6.06. The van der Waals surface area contributed by atoms with Crippen molar-refractivity contribution in [3.63, 3.8) is 0 Å². The van der Waals surface area contributed by atoms with Gasteiger partial charge in [-0.3, -0.25) is 0 Å². The van der Waals surface area contributed by atoms with Gasteiger partial charge in [-0.15, -0.1) is 0 Å². The van der Waals surface area contributed by atoms with Crippen LogP contribution in [0.2, 0.25) is 0 Å². The molecule has 0 aliphatic heterocycles. The minimum Gasteiger partial charge on any atom is -0.459 e. The van der Waals surface area contributed by atoms with E-state index in [1.54, 1.807) is 48.5 Å². The van der Waals surface area contributed by atoms with E-state index in [4.69, 9.17) is 25.7 Å². The van der Waals surface area contributed by atoms with Crippen LogP contribution in [0.1, 0.15) is 86.2 Å². The lowest BCUT2D eigenvalue weighted by molar-refractivity contribution is -0.138. The molecule has 1 aliphatic carbocycles. The number of carbonyl (C=O) groups is 2. The molecular weight excluding hydrogens is 468 g/mol. The van der Waals surface area contributed by atoms with Crippen molar-refractivity contribution in [2.24, 2.45) is 0 Å². The minimum atomic E-state index is -0.499. The van der Waals surface area contributed by atoms with E-state index in [2.05, 4.69) is 6.92 Å². The van der Waals surface area contributed by atoms with E-state index in [9.17, 15) is 9.59 Å². The zero-order valence-electron chi connectivity index (χ0n) is 21.8. The molecule has 1 aliphatic rings. The molecule has 0 radical (unpaired) electrons. The van der Waals surface area contributed by atoms with Crippen LogP contribution in [0.5, 0.6) is 0 Å². The summed E-state index contributed by atoms with van der Waals surface area (Å²) in [7, 11) is 0. The van der Waals surface area contributed by atoms with Crippen LogP contribution >= 0.6 is 0 Å². The summed E-state index contributed by atoms with van der Waals surface area (Å²) >= 11 is 0. The summed E-state index contributed by atoms with van der Waals surface area (Å²) in [4.78, 5) is 24.6. The van der Waals surface area contributed by atoms with E-state index in [1.165, 1.54) is 31.8 Å². The van der Waals surface area contributed by atoms with Gasteiger partial charge in [-0.1, -0.05) is 44.7 Å².